The predicted molar refractivity (Wildman–Crippen MR) is 102 cm³/mol. The van der Waals surface area contributed by atoms with Crippen LogP contribution in [0.25, 0.3) is 10.9 Å². The van der Waals surface area contributed by atoms with Crippen LogP contribution in [0, 0.1) is 13.8 Å². The maximum absolute atomic E-state index is 5.37. The van der Waals surface area contributed by atoms with Gasteiger partial charge in [0.1, 0.15) is 0 Å². The molecule has 3 nitrogen and oxygen atoms in total. The summed E-state index contributed by atoms with van der Waals surface area (Å²) in [7, 11) is 0. The van der Waals surface area contributed by atoms with E-state index in [-0.39, 0.29) is 0 Å². The number of aromatic nitrogens is 1. The SMILES string of the molecule is Cc1cccc(NC(=S)NCCc2c(C)[nH]c3ccccc23)c1. The van der Waals surface area contributed by atoms with E-state index in [0.717, 1.165) is 18.7 Å². The number of hydrogen-bond donors (Lipinski definition) is 3. The summed E-state index contributed by atoms with van der Waals surface area (Å²) in [4.78, 5) is 3.43. The fourth-order valence-corrected chi connectivity index (χ4v) is 3.08. The first-order valence-corrected chi connectivity index (χ1v) is 8.22. The number of rotatable bonds is 4. The number of hydrogen-bond acceptors (Lipinski definition) is 1. The number of fused-ring (bicyclic) bond motifs is 1. The Labute approximate surface area is 142 Å². The lowest BCUT2D eigenvalue weighted by Crippen LogP contribution is -2.30. The molecule has 0 saturated carbocycles. The largest absolute Gasteiger partial charge is 0.362 e. The van der Waals surface area contributed by atoms with Crippen LogP contribution in [0.2, 0.25) is 0 Å². The molecule has 0 saturated heterocycles. The minimum absolute atomic E-state index is 0.660. The molecule has 0 aliphatic heterocycles. The molecule has 0 bridgehead atoms. The summed E-state index contributed by atoms with van der Waals surface area (Å²) in [5.41, 5.74) is 6.01. The van der Waals surface area contributed by atoms with Gasteiger partial charge in [0.2, 0.25) is 0 Å². The number of aromatic amines is 1. The maximum atomic E-state index is 5.37. The van der Waals surface area contributed by atoms with Gasteiger partial charge in [0.25, 0.3) is 0 Å². The zero-order chi connectivity index (χ0) is 16.2. The lowest BCUT2D eigenvalue weighted by atomic mass is 10.1. The van der Waals surface area contributed by atoms with Crippen LogP contribution < -0.4 is 10.6 Å². The summed E-state index contributed by atoms with van der Waals surface area (Å²) >= 11 is 5.37. The van der Waals surface area contributed by atoms with Crippen LogP contribution in [0.3, 0.4) is 0 Å². The quantitative estimate of drug-likeness (QED) is 0.626. The van der Waals surface area contributed by atoms with E-state index < -0.39 is 0 Å². The van der Waals surface area contributed by atoms with Crippen molar-refractivity contribution < 1.29 is 0 Å². The topological polar surface area (TPSA) is 39.8 Å². The minimum atomic E-state index is 0.660. The molecule has 0 aliphatic carbocycles. The van der Waals surface area contributed by atoms with Gasteiger partial charge >= 0.3 is 0 Å². The third-order valence-electron chi connectivity index (χ3n) is 3.96. The third-order valence-corrected chi connectivity index (χ3v) is 4.21. The number of benzene rings is 2. The Hall–Kier alpha value is -2.33. The van der Waals surface area contributed by atoms with Crippen molar-refractivity contribution in [3.05, 3.63) is 65.4 Å². The van der Waals surface area contributed by atoms with Crippen molar-refractivity contribution in [3.63, 3.8) is 0 Å². The molecule has 1 heterocycles. The van der Waals surface area contributed by atoms with Gasteiger partial charge in [-0.25, -0.2) is 0 Å². The van der Waals surface area contributed by atoms with E-state index in [1.54, 1.807) is 0 Å². The van der Waals surface area contributed by atoms with Gasteiger partial charge in [0.15, 0.2) is 5.11 Å². The maximum Gasteiger partial charge on any atom is 0.170 e. The molecule has 3 rings (SSSR count). The molecule has 0 aliphatic rings. The fraction of sp³-hybridized carbons (Fsp3) is 0.211. The Kier molecular flexibility index (Phi) is 4.63. The molecular formula is C19H21N3S. The van der Waals surface area contributed by atoms with Gasteiger partial charge < -0.3 is 15.6 Å². The van der Waals surface area contributed by atoms with Crippen LogP contribution in [0.1, 0.15) is 16.8 Å². The van der Waals surface area contributed by atoms with Crippen molar-refractivity contribution in [2.24, 2.45) is 0 Å². The van der Waals surface area contributed by atoms with Crippen molar-refractivity contribution >= 4 is 33.9 Å². The summed E-state index contributed by atoms with van der Waals surface area (Å²) in [6.45, 7) is 5.00. The van der Waals surface area contributed by atoms with Crippen molar-refractivity contribution in [3.8, 4) is 0 Å². The van der Waals surface area contributed by atoms with Gasteiger partial charge in [0, 0.05) is 28.8 Å². The number of nitrogens with one attached hydrogen (secondary N) is 3. The highest BCUT2D eigenvalue weighted by atomic mass is 32.1. The summed E-state index contributed by atoms with van der Waals surface area (Å²) in [6, 6.07) is 16.6. The monoisotopic (exact) mass is 323 g/mol. The van der Waals surface area contributed by atoms with Gasteiger partial charge in [-0.1, -0.05) is 30.3 Å². The van der Waals surface area contributed by atoms with Gasteiger partial charge in [-0.05, 0) is 61.8 Å². The van der Waals surface area contributed by atoms with Crippen molar-refractivity contribution in [2.75, 3.05) is 11.9 Å². The first kappa shape index (κ1) is 15.6. The Bertz CT molecular complexity index is 836. The molecule has 0 spiro atoms. The highest BCUT2D eigenvalue weighted by molar-refractivity contribution is 7.80. The normalized spacial score (nSPS) is 10.7. The number of thiocarbonyl (C=S) groups is 1. The van der Waals surface area contributed by atoms with Gasteiger partial charge in [-0.15, -0.1) is 0 Å². The molecule has 4 heteroatoms. The number of para-hydroxylation sites is 1. The van der Waals surface area contributed by atoms with Crippen molar-refractivity contribution in [1.29, 1.82) is 0 Å². The smallest absolute Gasteiger partial charge is 0.170 e. The van der Waals surface area contributed by atoms with E-state index in [9.17, 15) is 0 Å². The van der Waals surface area contributed by atoms with Gasteiger partial charge in [-0.2, -0.15) is 0 Å². The number of anilines is 1. The van der Waals surface area contributed by atoms with E-state index in [2.05, 4.69) is 65.9 Å². The Morgan fingerprint density at radius 3 is 2.74 bits per heavy atom. The van der Waals surface area contributed by atoms with Crippen LogP contribution in [-0.2, 0) is 6.42 Å². The second-order valence-electron chi connectivity index (χ2n) is 5.77. The first-order valence-electron chi connectivity index (χ1n) is 7.81. The highest BCUT2D eigenvalue weighted by Gasteiger charge is 2.07. The van der Waals surface area contributed by atoms with Crippen LogP contribution in [-0.4, -0.2) is 16.6 Å². The summed E-state index contributed by atoms with van der Waals surface area (Å²) in [5.74, 6) is 0. The molecule has 0 fully saturated rings. The van der Waals surface area contributed by atoms with E-state index >= 15 is 0 Å². The zero-order valence-corrected chi connectivity index (χ0v) is 14.3. The second-order valence-corrected chi connectivity index (χ2v) is 6.18. The summed E-state index contributed by atoms with van der Waals surface area (Å²) in [5, 5.41) is 8.47. The molecule has 0 amide bonds. The van der Waals surface area contributed by atoms with Crippen molar-refractivity contribution in [2.45, 2.75) is 20.3 Å². The molecular weight excluding hydrogens is 302 g/mol. The van der Waals surface area contributed by atoms with E-state index in [1.165, 1.54) is 27.7 Å². The number of H-pyrrole nitrogens is 1. The van der Waals surface area contributed by atoms with Crippen LogP contribution in [0.4, 0.5) is 5.69 Å². The third kappa shape index (κ3) is 3.71. The van der Waals surface area contributed by atoms with Crippen LogP contribution in [0.15, 0.2) is 48.5 Å². The van der Waals surface area contributed by atoms with Crippen LogP contribution in [0.5, 0.6) is 0 Å². The molecule has 23 heavy (non-hydrogen) atoms. The Balaban J connectivity index is 1.58. The van der Waals surface area contributed by atoms with Gasteiger partial charge in [0.05, 0.1) is 0 Å². The summed E-state index contributed by atoms with van der Waals surface area (Å²) in [6.07, 6.45) is 0.936. The minimum Gasteiger partial charge on any atom is -0.362 e. The standard InChI is InChI=1S/C19H21N3S/c1-13-6-5-7-15(12-13)22-19(23)20-11-10-16-14(2)21-18-9-4-3-8-17(16)18/h3-9,12,21H,10-11H2,1-2H3,(H2,20,22,23). The lowest BCUT2D eigenvalue weighted by molar-refractivity contribution is 0.871. The first-order chi connectivity index (χ1) is 11.1. The average molecular weight is 323 g/mol. The number of aryl methyl sites for hydroxylation is 2. The van der Waals surface area contributed by atoms with Crippen LogP contribution >= 0.6 is 12.2 Å². The molecule has 0 atom stereocenters. The fourth-order valence-electron chi connectivity index (χ4n) is 2.86. The Morgan fingerprint density at radius 1 is 1.09 bits per heavy atom. The van der Waals surface area contributed by atoms with E-state index in [0.29, 0.717) is 5.11 Å². The molecule has 1 aromatic heterocycles. The highest BCUT2D eigenvalue weighted by Crippen LogP contribution is 2.21. The molecule has 3 aromatic rings. The molecule has 118 valence electrons. The molecule has 3 N–H and O–H groups in total. The zero-order valence-electron chi connectivity index (χ0n) is 13.4. The molecule has 0 radical (unpaired) electrons. The molecule has 0 unspecified atom stereocenters. The average Bonchev–Trinajstić information content (AvgIpc) is 2.83. The lowest BCUT2D eigenvalue weighted by Gasteiger charge is -2.11. The molecule has 2 aromatic carbocycles. The second kappa shape index (κ2) is 6.84. The van der Waals surface area contributed by atoms with E-state index in [4.69, 9.17) is 12.2 Å². The van der Waals surface area contributed by atoms with Gasteiger partial charge in [-0.3, -0.25) is 0 Å². The van der Waals surface area contributed by atoms with E-state index in [1.807, 2.05) is 12.1 Å². The summed E-state index contributed by atoms with van der Waals surface area (Å²) < 4.78 is 0. The Morgan fingerprint density at radius 2 is 1.91 bits per heavy atom. The van der Waals surface area contributed by atoms with Crippen molar-refractivity contribution in [1.82, 2.24) is 10.3 Å². The predicted octanol–water partition coefficient (Wildman–Crippen LogP) is 4.31.